The van der Waals surface area contributed by atoms with Gasteiger partial charge in [-0.1, -0.05) is 36.9 Å². The molecule has 2 heterocycles. The normalized spacial score (nSPS) is 10.9. The van der Waals surface area contributed by atoms with Gasteiger partial charge < -0.3 is 4.90 Å². The molecule has 6 heteroatoms. The molecule has 0 aliphatic carbocycles. The lowest BCUT2D eigenvalue weighted by molar-refractivity contribution is -0.115. The first-order valence-electron chi connectivity index (χ1n) is 7.37. The standard InChI is InChI=1S/C17H17N3OS2/c1-3-13-9-14-16(18-11-19-17(14)23-13)22-10-15(21)20(2)12-7-5-4-6-8-12/h4-9,11H,3,10H2,1-2H3. The lowest BCUT2D eigenvalue weighted by Crippen LogP contribution is -2.27. The molecule has 0 atom stereocenters. The van der Waals surface area contributed by atoms with Crippen LogP contribution in [0.5, 0.6) is 0 Å². The van der Waals surface area contributed by atoms with Crippen LogP contribution in [0.3, 0.4) is 0 Å². The molecule has 0 aliphatic heterocycles. The first-order chi connectivity index (χ1) is 11.2. The molecular weight excluding hydrogens is 326 g/mol. The van der Waals surface area contributed by atoms with Gasteiger partial charge in [0.05, 0.1) is 5.75 Å². The zero-order valence-electron chi connectivity index (χ0n) is 13.0. The second kappa shape index (κ2) is 7.10. The number of para-hydroxylation sites is 1. The number of nitrogens with zero attached hydrogens (tertiary/aromatic N) is 3. The summed E-state index contributed by atoms with van der Waals surface area (Å²) >= 11 is 3.16. The van der Waals surface area contributed by atoms with Crippen molar-refractivity contribution in [3.8, 4) is 0 Å². The number of carbonyl (C=O) groups excluding carboxylic acids is 1. The Kier molecular flexibility index (Phi) is 4.93. The quantitative estimate of drug-likeness (QED) is 0.519. The van der Waals surface area contributed by atoms with Crippen LogP contribution in [-0.4, -0.2) is 28.7 Å². The van der Waals surface area contributed by atoms with Gasteiger partial charge in [-0.15, -0.1) is 11.3 Å². The topological polar surface area (TPSA) is 46.1 Å². The van der Waals surface area contributed by atoms with Gasteiger partial charge >= 0.3 is 0 Å². The number of rotatable bonds is 5. The van der Waals surface area contributed by atoms with E-state index in [1.54, 1.807) is 29.6 Å². The highest BCUT2D eigenvalue weighted by Gasteiger charge is 2.14. The number of thioether (sulfide) groups is 1. The summed E-state index contributed by atoms with van der Waals surface area (Å²) < 4.78 is 0. The molecular formula is C17H17N3OS2. The molecule has 0 saturated carbocycles. The van der Waals surface area contributed by atoms with Crippen LogP contribution in [-0.2, 0) is 11.2 Å². The van der Waals surface area contributed by atoms with E-state index in [1.807, 2.05) is 30.3 Å². The highest BCUT2D eigenvalue weighted by molar-refractivity contribution is 8.00. The van der Waals surface area contributed by atoms with Gasteiger partial charge in [-0.3, -0.25) is 4.79 Å². The zero-order valence-corrected chi connectivity index (χ0v) is 14.7. The number of anilines is 1. The fourth-order valence-corrected chi connectivity index (χ4v) is 4.08. The van der Waals surface area contributed by atoms with Crippen molar-refractivity contribution in [3.63, 3.8) is 0 Å². The number of aromatic nitrogens is 2. The summed E-state index contributed by atoms with van der Waals surface area (Å²) in [6, 6.07) is 11.8. The predicted octanol–water partition coefficient (Wildman–Crippen LogP) is 4.01. The van der Waals surface area contributed by atoms with Crippen molar-refractivity contribution in [3.05, 3.63) is 47.6 Å². The minimum atomic E-state index is 0.0545. The van der Waals surface area contributed by atoms with Gasteiger partial charge in [0.25, 0.3) is 0 Å². The molecule has 0 bridgehead atoms. The van der Waals surface area contributed by atoms with Crippen LogP contribution < -0.4 is 4.90 Å². The summed E-state index contributed by atoms with van der Waals surface area (Å²) in [5, 5.41) is 1.93. The highest BCUT2D eigenvalue weighted by atomic mass is 32.2. The van der Waals surface area contributed by atoms with Crippen LogP contribution >= 0.6 is 23.1 Å². The molecule has 3 rings (SSSR count). The Morgan fingerprint density at radius 1 is 1.26 bits per heavy atom. The van der Waals surface area contributed by atoms with Crippen LogP contribution in [0, 0.1) is 0 Å². The molecule has 0 unspecified atom stereocenters. The third kappa shape index (κ3) is 3.54. The Labute approximate surface area is 143 Å². The van der Waals surface area contributed by atoms with Gasteiger partial charge in [0, 0.05) is 23.0 Å². The van der Waals surface area contributed by atoms with Crippen LogP contribution in [0.1, 0.15) is 11.8 Å². The smallest absolute Gasteiger partial charge is 0.237 e. The lowest BCUT2D eigenvalue weighted by Gasteiger charge is -2.16. The summed E-state index contributed by atoms with van der Waals surface area (Å²) in [7, 11) is 1.80. The molecule has 0 saturated heterocycles. The zero-order chi connectivity index (χ0) is 16.2. The molecule has 2 aromatic heterocycles. The van der Waals surface area contributed by atoms with Gasteiger partial charge in [0.15, 0.2) is 0 Å². The number of aryl methyl sites for hydroxylation is 1. The molecule has 1 amide bonds. The third-order valence-corrected chi connectivity index (χ3v) is 5.72. The van der Waals surface area contributed by atoms with E-state index in [0.29, 0.717) is 5.75 Å². The van der Waals surface area contributed by atoms with Crippen molar-refractivity contribution in [1.82, 2.24) is 9.97 Å². The molecule has 3 aromatic rings. The van der Waals surface area contributed by atoms with E-state index in [2.05, 4.69) is 23.0 Å². The molecule has 4 nitrogen and oxygen atoms in total. The van der Waals surface area contributed by atoms with Crippen LogP contribution in [0.2, 0.25) is 0 Å². The molecule has 1 aromatic carbocycles. The number of thiophene rings is 1. The average Bonchev–Trinajstić information content (AvgIpc) is 3.03. The summed E-state index contributed by atoms with van der Waals surface area (Å²) in [6.45, 7) is 2.13. The van der Waals surface area contributed by atoms with Crippen molar-refractivity contribution >= 4 is 44.9 Å². The molecule has 23 heavy (non-hydrogen) atoms. The summed E-state index contributed by atoms with van der Waals surface area (Å²) in [6.07, 6.45) is 2.56. The molecule has 0 N–H and O–H groups in total. The Balaban J connectivity index is 1.73. The van der Waals surface area contributed by atoms with Crippen LogP contribution in [0.4, 0.5) is 5.69 Å². The molecule has 0 spiro atoms. The van der Waals surface area contributed by atoms with Crippen molar-refractivity contribution in [2.75, 3.05) is 17.7 Å². The SMILES string of the molecule is CCc1cc2c(SCC(=O)N(C)c3ccccc3)ncnc2s1. The van der Waals surface area contributed by atoms with E-state index in [0.717, 1.165) is 27.4 Å². The highest BCUT2D eigenvalue weighted by Crippen LogP contribution is 2.31. The van der Waals surface area contributed by atoms with Crippen molar-refractivity contribution < 1.29 is 4.79 Å². The maximum atomic E-state index is 12.4. The van der Waals surface area contributed by atoms with Gasteiger partial charge in [-0.05, 0) is 24.6 Å². The second-order valence-corrected chi connectivity index (χ2v) is 7.12. The van der Waals surface area contributed by atoms with E-state index in [-0.39, 0.29) is 5.91 Å². The average molecular weight is 343 g/mol. The molecule has 0 fully saturated rings. The predicted molar refractivity (Wildman–Crippen MR) is 97.4 cm³/mol. The first-order valence-corrected chi connectivity index (χ1v) is 9.17. The number of carbonyl (C=O) groups is 1. The number of hydrogen-bond acceptors (Lipinski definition) is 5. The Bertz CT molecular complexity index is 817. The number of amides is 1. The number of hydrogen-bond donors (Lipinski definition) is 0. The van der Waals surface area contributed by atoms with E-state index in [9.17, 15) is 4.79 Å². The molecule has 118 valence electrons. The minimum absolute atomic E-state index is 0.0545. The maximum absolute atomic E-state index is 12.4. The van der Waals surface area contributed by atoms with Crippen LogP contribution in [0.15, 0.2) is 47.8 Å². The maximum Gasteiger partial charge on any atom is 0.237 e. The second-order valence-electron chi connectivity index (χ2n) is 5.04. The third-order valence-electron chi connectivity index (χ3n) is 3.54. The van der Waals surface area contributed by atoms with Gasteiger partial charge in [-0.2, -0.15) is 0 Å². The van der Waals surface area contributed by atoms with Gasteiger partial charge in [0.1, 0.15) is 16.2 Å². The minimum Gasteiger partial charge on any atom is -0.315 e. The van der Waals surface area contributed by atoms with Gasteiger partial charge in [-0.25, -0.2) is 9.97 Å². The van der Waals surface area contributed by atoms with Crippen molar-refractivity contribution in [2.24, 2.45) is 0 Å². The number of benzene rings is 1. The van der Waals surface area contributed by atoms with E-state index in [1.165, 1.54) is 16.6 Å². The monoisotopic (exact) mass is 343 g/mol. The summed E-state index contributed by atoms with van der Waals surface area (Å²) in [4.78, 5) is 25.0. The molecule has 0 aliphatic rings. The summed E-state index contributed by atoms with van der Waals surface area (Å²) in [5.74, 6) is 0.411. The van der Waals surface area contributed by atoms with Crippen molar-refractivity contribution in [1.29, 1.82) is 0 Å². The van der Waals surface area contributed by atoms with Gasteiger partial charge in [0.2, 0.25) is 5.91 Å². The molecule has 0 radical (unpaired) electrons. The number of fused-ring (bicyclic) bond motifs is 1. The van der Waals surface area contributed by atoms with E-state index >= 15 is 0 Å². The fourth-order valence-electron chi connectivity index (χ4n) is 2.20. The Morgan fingerprint density at radius 3 is 2.78 bits per heavy atom. The van der Waals surface area contributed by atoms with Crippen LogP contribution in [0.25, 0.3) is 10.2 Å². The van der Waals surface area contributed by atoms with E-state index in [4.69, 9.17) is 0 Å². The lowest BCUT2D eigenvalue weighted by atomic mass is 10.3. The first kappa shape index (κ1) is 16.0. The Hall–Kier alpha value is -1.92. The largest absolute Gasteiger partial charge is 0.315 e. The van der Waals surface area contributed by atoms with E-state index < -0.39 is 0 Å². The fraction of sp³-hybridized carbons (Fsp3) is 0.235. The summed E-state index contributed by atoms with van der Waals surface area (Å²) in [5.41, 5.74) is 0.898. The Morgan fingerprint density at radius 2 is 2.04 bits per heavy atom. The van der Waals surface area contributed by atoms with Crippen molar-refractivity contribution in [2.45, 2.75) is 18.4 Å².